The van der Waals surface area contributed by atoms with E-state index in [2.05, 4.69) is 0 Å². The Labute approximate surface area is 156 Å². The van der Waals surface area contributed by atoms with Crippen LogP contribution in [0.15, 0.2) is 40.6 Å². The molecule has 0 saturated carbocycles. The summed E-state index contributed by atoms with van der Waals surface area (Å²) in [6.07, 6.45) is 1.21. The summed E-state index contributed by atoms with van der Waals surface area (Å²) in [5, 5.41) is 0.352. The molecule has 1 atom stereocenters. The molecule has 2 aromatic rings. The maximum Gasteiger partial charge on any atom is 0.315 e. The van der Waals surface area contributed by atoms with Crippen molar-refractivity contribution in [2.24, 2.45) is 5.92 Å². The molecule has 8 heteroatoms. The molecule has 0 bridgehead atoms. The van der Waals surface area contributed by atoms with Crippen molar-refractivity contribution in [1.82, 2.24) is 4.31 Å². The number of carbonyl (C=O) groups excluding carboxylic acids is 1. The number of thiophene rings is 1. The molecule has 0 spiro atoms. The number of aryl methyl sites for hydroxylation is 1. The highest BCUT2D eigenvalue weighted by atomic mass is 35.5. The Morgan fingerprint density at radius 1 is 1.28 bits per heavy atom. The van der Waals surface area contributed by atoms with Crippen LogP contribution in [0.25, 0.3) is 0 Å². The van der Waals surface area contributed by atoms with Gasteiger partial charge >= 0.3 is 5.97 Å². The van der Waals surface area contributed by atoms with Gasteiger partial charge in [-0.1, -0.05) is 23.7 Å². The average Bonchev–Trinajstić information content (AvgIpc) is 3.04. The number of para-hydroxylation sites is 1. The fraction of sp³-hybridized carbons (Fsp3) is 0.353. The fourth-order valence-corrected chi connectivity index (χ4v) is 5.89. The Kier molecular flexibility index (Phi) is 5.48. The van der Waals surface area contributed by atoms with Gasteiger partial charge in [0.05, 0.1) is 10.9 Å². The SMILES string of the molecule is Cc1ccc(S(=O)(=O)N2CCCC(C(=O)Oc3ccccc3Cl)C2)s1. The van der Waals surface area contributed by atoms with Crippen LogP contribution in [0.4, 0.5) is 0 Å². The summed E-state index contributed by atoms with van der Waals surface area (Å²) in [6, 6.07) is 10.1. The molecule has 0 amide bonds. The zero-order valence-electron chi connectivity index (χ0n) is 13.6. The molecule has 0 radical (unpaired) electrons. The van der Waals surface area contributed by atoms with Crippen molar-refractivity contribution in [3.63, 3.8) is 0 Å². The first kappa shape index (κ1) is 18.4. The number of nitrogens with zero attached hydrogens (tertiary/aromatic N) is 1. The van der Waals surface area contributed by atoms with E-state index >= 15 is 0 Å². The summed E-state index contributed by atoms with van der Waals surface area (Å²) >= 11 is 7.25. The molecule has 1 aromatic carbocycles. The zero-order chi connectivity index (χ0) is 18.0. The lowest BCUT2D eigenvalue weighted by molar-refractivity contribution is -0.140. The number of benzene rings is 1. The van der Waals surface area contributed by atoms with Crippen LogP contribution in [-0.4, -0.2) is 31.8 Å². The summed E-state index contributed by atoms with van der Waals surface area (Å²) in [4.78, 5) is 13.4. The van der Waals surface area contributed by atoms with E-state index in [0.29, 0.717) is 34.4 Å². The van der Waals surface area contributed by atoms with Gasteiger partial charge in [0.2, 0.25) is 0 Å². The van der Waals surface area contributed by atoms with Gasteiger partial charge < -0.3 is 4.74 Å². The lowest BCUT2D eigenvalue weighted by Crippen LogP contribution is -2.43. The zero-order valence-corrected chi connectivity index (χ0v) is 16.0. The smallest absolute Gasteiger partial charge is 0.315 e. The van der Waals surface area contributed by atoms with Crippen molar-refractivity contribution in [2.45, 2.75) is 24.0 Å². The lowest BCUT2D eigenvalue weighted by atomic mass is 10.00. The van der Waals surface area contributed by atoms with E-state index in [4.69, 9.17) is 16.3 Å². The van der Waals surface area contributed by atoms with Crippen molar-refractivity contribution in [3.8, 4) is 5.75 Å². The van der Waals surface area contributed by atoms with Gasteiger partial charge in [-0.2, -0.15) is 4.31 Å². The standard InChI is InChI=1S/C17H18ClNO4S2/c1-12-8-9-16(24-12)25(21,22)19-10-4-5-13(11-19)17(20)23-15-7-3-2-6-14(15)18/h2-3,6-9,13H,4-5,10-11H2,1H3. The third kappa shape index (κ3) is 4.06. The van der Waals surface area contributed by atoms with Crippen LogP contribution in [-0.2, 0) is 14.8 Å². The van der Waals surface area contributed by atoms with Crippen LogP contribution >= 0.6 is 22.9 Å². The van der Waals surface area contributed by atoms with E-state index in [1.54, 1.807) is 36.4 Å². The molecule has 2 heterocycles. The van der Waals surface area contributed by atoms with Crippen molar-refractivity contribution in [1.29, 1.82) is 0 Å². The minimum absolute atomic E-state index is 0.128. The third-order valence-electron chi connectivity index (χ3n) is 4.07. The number of esters is 1. The molecule has 134 valence electrons. The number of sulfonamides is 1. The van der Waals surface area contributed by atoms with Gasteiger partial charge in [-0.15, -0.1) is 11.3 Å². The molecule has 0 N–H and O–H groups in total. The Balaban J connectivity index is 1.73. The number of ether oxygens (including phenoxy) is 1. The maximum absolute atomic E-state index is 12.7. The van der Waals surface area contributed by atoms with E-state index in [0.717, 1.165) is 4.88 Å². The normalized spacial score (nSPS) is 18.9. The quantitative estimate of drug-likeness (QED) is 0.580. The van der Waals surface area contributed by atoms with Crippen molar-refractivity contribution < 1.29 is 17.9 Å². The molecule has 1 fully saturated rings. The minimum Gasteiger partial charge on any atom is -0.425 e. The molecule has 3 rings (SSSR count). The number of hydrogen-bond donors (Lipinski definition) is 0. The highest BCUT2D eigenvalue weighted by Crippen LogP contribution is 2.30. The van der Waals surface area contributed by atoms with Crippen LogP contribution in [0.1, 0.15) is 17.7 Å². The predicted octanol–water partition coefficient (Wildman–Crippen LogP) is 3.72. The molecule has 1 aliphatic rings. The van der Waals surface area contributed by atoms with Crippen LogP contribution in [0.2, 0.25) is 5.02 Å². The maximum atomic E-state index is 12.7. The highest BCUT2D eigenvalue weighted by molar-refractivity contribution is 7.91. The summed E-state index contributed by atoms with van der Waals surface area (Å²) in [7, 11) is -3.57. The number of hydrogen-bond acceptors (Lipinski definition) is 5. The van der Waals surface area contributed by atoms with E-state index in [1.165, 1.54) is 15.6 Å². The average molecular weight is 400 g/mol. The number of carbonyl (C=O) groups is 1. The highest BCUT2D eigenvalue weighted by Gasteiger charge is 2.35. The van der Waals surface area contributed by atoms with E-state index in [-0.39, 0.29) is 6.54 Å². The summed E-state index contributed by atoms with van der Waals surface area (Å²) < 4.78 is 32.5. The number of piperidine rings is 1. The lowest BCUT2D eigenvalue weighted by Gasteiger charge is -2.30. The van der Waals surface area contributed by atoms with Crippen LogP contribution < -0.4 is 4.74 Å². The van der Waals surface area contributed by atoms with Crippen LogP contribution in [0.5, 0.6) is 5.75 Å². The van der Waals surface area contributed by atoms with Gasteiger partial charge in [-0.25, -0.2) is 8.42 Å². The molecule has 1 aliphatic heterocycles. The van der Waals surface area contributed by atoms with E-state index in [1.807, 2.05) is 6.92 Å². The molecule has 1 unspecified atom stereocenters. The molecular weight excluding hydrogens is 382 g/mol. The summed E-state index contributed by atoms with van der Waals surface area (Å²) in [6.45, 7) is 2.40. The minimum atomic E-state index is -3.57. The second-order valence-electron chi connectivity index (χ2n) is 5.92. The fourth-order valence-electron chi connectivity index (χ4n) is 2.75. The third-order valence-corrected chi connectivity index (χ3v) is 7.72. The second kappa shape index (κ2) is 7.45. The Bertz CT molecular complexity index is 878. The predicted molar refractivity (Wildman–Crippen MR) is 97.6 cm³/mol. The van der Waals surface area contributed by atoms with Crippen molar-refractivity contribution in [2.75, 3.05) is 13.1 Å². The Hall–Kier alpha value is -1.41. The van der Waals surface area contributed by atoms with Gasteiger partial charge in [0.25, 0.3) is 10.0 Å². The van der Waals surface area contributed by atoms with Gasteiger partial charge in [0.1, 0.15) is 9.96 Å². The first-order valence-corrected chi connectivity index (χ1v) is 10.5. The molecule has 25 heavy (non-hydrogen) atoms. The van der Waals surface area contributed by atoms with Crippen molar-refractivity contribution >= 4 is 38.9 Å². The number of halogens is 1. The first-order valence-electron chi connectivity index (χ1n) is 7.91. The van der Waals surface area contributed by atoms with E-state index in [9.17, 15) is 13.2 Å². The largest absolute Gasteiger partial charge is 0.425 e. The molecular formula is C17H18ClNO4S2. The first-order chi connectivity index (χ1) is 11.9. The molecule has 0 aliphatic carbocycles. The van der Waals surface area contributed by atoms with Crippen LogP contribution in [0.3, 0.4) is 0 Å². The summed E-state index contributed by atoms with van der Waals surface area (Å²) in [5.74, 6) is -0.653. The molecule has 1 saturated heterocycles. The Morgan fingerprint density at radius 3 is 2.72 bits per heavy atom. The monoisotopic (exact) mass is 399 g/mol. The molecule has 5 nitrogen and oxygen atoms in total. The topological polar surface area (TPSA) is 63.7 Å². The van der Waals surface area contributed by atoms with Gasteiger partial charge in [-0.05, 0) is 44.0 Å². The van der Waals surface area contributed by atoms with Gasteiger partial charge in [-0.3, -0.25) is 4.79 Å². The van der Waals surface area contributed by atoms with Crippen LogP contribution in [0, 0.1) is 12.8 Å². The van der Waals surface area contributed by atoms with E-state index < -0.39 is 21.9 Å². The second-order valence-corrected chi connectivity index (χ2v) is 9.78. The Morgan fingerprint density at radius 2 is 2.04 bits per heavy atom. The van der Waals surface area contributed by atoms with Crippen molar-refractivity contribution in [3.05, 3.63) is 46.3 Å². The number of rotatable bonds is 4. The summed E-state index contributed by atoms with van der Waals surface area (Å²) in [5.41, 5.74) is 0. The molecule has 1 aromatic heterocycles. The van der Waals surface area contributed by atoms with Gasteiger partial charge in [0, 0.05) is 18.0 Å². The van der Waals surface area contributed by atoms with Gasteiger partial charge in [0.15, 0.2) is 0 Å².